The Balaban J connectivity index is 1.54. The van der Waals surface area contributed by atoms with Crippen molar-refractivity contribution in [2.45, 2.75) is 51.6 Å². The molecule has 1 fully saturated rings. The summed E-state index contributed by atoms with van der Waals surface area (Å²) in [7, 11) is 0. The lowest BCUT2D eigenvalue weighted by Gasteiger charge is -2.39. The largest absolute Gasteiger partial charge is 0.412 e. The van der Waals surface area contributed by atoms with Crippen LogP contribution >= 0.6 is 0 Å². The highest BCUT2D eigenvalue weighted by molar-refractivity contribution is 5.71. The minimum absolute atomic E-state index is 0.0391. The zero-order valence-electron chi connectivity index (χ0n) is 18.9. The number of carbonyl (C=O) groups is 1. The minimum Gasteiger partial charge on any atom is -0.410 e. The van der Waals surface area contributed by atoms with Gasteiger partial charge in [0.15, 0.2) is 0 Å². The van der Waals surface area contributed by atoms with Crippen LogP contribution in [0.3, 0.4) is 0 Å². The molecule has 1 unspecified atom stereocenters. The molecule has 31 heavy (non-hydrogen) atoms. The van der Waals surface area contributed by atoms with Crippen LogP contribution in [0.4, 0.5) is 16.2 Å². The molecule has 0 spiro atoms. The Morgan fingerprint density at radius 2 is 1.97 bits per heavy atom. The topological polar surface area (TPSA) is 62.8 Å². The fourth-order valence-corrected chi connectivity index (χ4v) is 4.46. The molecular formula is C25H33N3O3. The van der Waals surface area contributed by atoms with E-state index in [-0.39, 0.29) is 17.5 Å². The van der Waals surface area contributed by atoms with E-state index < -0.39 is 6.09 Å². The van der Waals surface area contributed by atoms with Gasteiger partial charge < -0.3 is 25.0 Å². The standard InChI is InChI=1S/C25H33N3O3/c1-17(2)26-24(29)31-20-8-9-22-21(15-20)25(3,4)16-23(27-22)18-6-5-7-19(14-18)28-10-12-30-13-11-28/h5-9,14-15,17,23,27H,10-13,16H2,1-4H3,(H,26,29). The van der Waals surface area contributed by atoms with Crippen LogP contribution in [0.25, 0.3) is 0 Å². The van der Waals surface area contributed by atoms with Crippen LogP contribution in [0.5, 0.6) is 5.75 Å². The second-order valence-corrected chi connectivity index (χ2v) is 9.38. The zero-order valence-corrected chi connectivity index (χ0v) is 18.9. The molecule has 6 heteroatoms. The molecule has 166 valence electrons. The zero-order chi connectivity index (χ0) is 22.0. The van der Waals surface area contributed by atoms with Crippen molar-refractivity contribution >= 4 is 17.5 Å². The van der Waals surface area contributed by atoms with Gasteiger partial charge in [0, 0.05) is 30.5 Å². The van der Waals surface area contributed by atoms with Crippen molar-refractivity contribution in [2.24, 2.45) is 0 Å². The van der Waals surface area contributed by atoms with Crippen LogP contribution in [0.15, 0.2) is 42.5 Å². The van der Waals surface area contributed by atoms with Gasteiger partial charge in [-0.1, -0.05) is 26.0 Å². The summed E-state index contributed by atoms with van der Waals surface area (Å²) >= 11 is 0. The first-order valence-electron chi connectivity index (χ1n) is 11.1. The Morgan fingerprint density at radius 3 is 2.71 bits per heavy atom. The van der Waals surface area contributed by atoms with Crippen molar-refractivity contribution in [3.05, 3.63) is 53.6 Å². The second kappa shape index (κ2) is 8.79. The van der Waals surface area contributed by atoms with Gasteiger partial charge in [0.1, 0.15) is 5.75 Å². The number of benzene rings is 2. The lowest BCUT2D eigenvalue weighted by Crippen LogP contribution is -2.36. The van der Waals surface area contributed by atoms with Crippen molar-refractivity contribution in [1.82, 2.24) is 5.32 Å². The van der Waals surface area contributed by atoms with Crippen LogP contribution in [0.2, 0.25) is 0 Å². The van der Waals surface area contributed by atoms with E-state index in [1.165, 1.54) is 16.8 Å². The summed E-state index contributed by atoms with van der Waals surface area (Å²) < 4.78 is 11.0. The number of hydrogen-bond donors (Lipinski definition) is 2. The number of nitrogens with zero attached hydrogens (tertiary/aromatic N) is 1. The van der Waals surface area contributed by atoms with Gasteiger partial charge in [-0.3, -0.25) is 0 Å². The maximum atomic E-state index is 12.0. The van der Waals surface area contributed by atoms with Gasteiger partial charge in [-0.05, 0) is 67.1 Å². The molecule has 6 nitrogen and oxygen atoms in total. The fraction of sp³-hybridized carbons (Fsp3) is 0.480. The predicted octanol–water partition coefficient (Wildman–Crippen LogP) is 4.85. The number of rotatable bonds is 4. The third-order valence-corrected chi connectivity index (χ3v) is 6.03. The average molecular weight is 424 g/mol. The number of fused-ring (bicyclic) bond motifs is 1. The molecule has 2 aliphatic heterocycles. The maximum Gasteiger partial charge on any atom is 0.412 e. The Kier molecular flexibility index (Phi) is 6.10. The maximum absolute atomic E-state index is 12.0. The van der Waals surface area contributed by atoms with E-state index in [0.29, 0.717) is 5.75 Å². The SMILES string of the molecule is CC(C)NC(=O)Oc1ccc2c(c1)C(C)(C)CC(c1cccc(N3CCOCC3)c1)N2. The first-order chi connectivity index (χ1) is 14.8. The number of carbonyl (C=O) groups excluding carboxylic acids is 1. The smallest absolute Gasteiger partial charge is 0.410 e. The van der Waals surface area contributed by atoms with E-state index in [4.69, 9.17) is 9.47 Å². The van der Waals surface area contributed by atoms with Crippen molar-refractivity contribution < 1.29 is 14.3 Å². The quantitative estimate of drug-likeness (QED) is 0.736. The molecule has 2 N–H and O–H groups in total. The molecule has 0 aromatic heterocycles. The summed E-state index contributed by atoms with van der Waals surface area (Å²) in [5, 5.41) is 6.48. The molecule has 0 bridgehead atoms. The monoisotopic (exact) mass is 423 g/mol. The number of anilines is 2. The van der Waals surface area contributed by atoms with E-state index in [1.807, 2.05) is 32.0 Å². The highest BCUT2D eigenvalue weighted by Gasteiger charge is 2.34. The van der Waals surface area contributed by atoms with E-state index in [2.05, 4.69) is 53.6 Å². The molecule has 2 aliphatic rings. The third-order valence-electron chi connectivity index (χ3n) is 6.03. The van der Waals surface area contributed by atoms with Crippen LogP contribution < -0.4 is 20.3 Å². The first-order valence-corrected chi connectivity index (χ1v) is 11.1. The minimum atomic E-state index is -0.422. The Labute approximate surface area is 184 Å². The third kappa shape index (κ3) is 4.96. The lowest BCUT2D eigenvalue weighted by atomic mass is 9.74. The van der Waals surface area contributed by atoms with Gasteiger partial charge in [0.2, 0.25) is 0 Å². The van der Waals surface area contributed by atoms with Gasteiger partial charge in [-0.25, -0.2) is 4.79 Å². The summed E-state index contributed by atoms with van der Waals surface area (Å²) in [6, 6.07) is 15.0. The summed E-state index contributed by atoms with van der Waals surface area (Å²) in [6.07, 6.45) is 0.531. The molecule has 0 radical (unpaired) electrons. The summed E-state index contributed by atoms with van der Waals surface area (Å²) in [5.74, 6) is 0.569. The average Bonchev–Trinajstić information content (AvgIpc) is 2.74. The molecule has 4 rings (SSSR count). The van der Waals surface area contributed by atoms with Gasteiger partial charge in [0.25, 0.3) is 0 Å². The molecule has 0 saturated carbocycles. The molecular weight excluding hydrogens is 390 g/mol. The Bertz CT molecular complexity index is 935. The number of amides is 1. The highest BCUT2D eigenvalue weighted by Crippen LogP contribution is 2.45. The summed E-state index contributed by atoms with van der Waals surface area (Å²) in [5.41, 5.74) is 4.75. The van der Waals surface area contributed by atoms with E-state index >= 15 is 0 Å². The highest BCUT2D eigenvalue weighted by atomic mass is 16.6. The fourth-order valence-electron chi connectivity index (χ4n) is 4.46. The van der Waals surface area contributed by atoms with E-state index in [0.717, 1.165) is 38.4 Å². The number of nitrogens with one attached hydrogen (secondary N) is 2. The Hall–Kier alpha value is -2.73. The molecule has 1 atom stereocenters. The van der Waals surface area contributed by atoms with Crippen LogP contribution in [0.1, 0.15) is 51.3 Å². The molecule has 1 saturated heterocycles. The second-order valence-electron chi connectivity index (χ2n) is 9.38. The molecule has 1 amide bonds. The van der Waals surface area contributed by atoms with Crippen molar-refractivity contribution in [2.75, 3.05) is 36.5 Å². The summed E-state index contributed by atoms with van der Waals surface area (Å²) in [6.45, 7) is 11.8. The van der Waals surface area contributed by atoms with Gasteiger partial charge >= 0.3 is 6.09 Å². The normalized spacial score (nSPS) is 20.0. The van der Waals surface area contributed by atoms with Gasteiger partial charge in [0.05, 0.1) is 19.3 Å². The molecule has 2 aromatic rings. The van der Waals surface area contributed by atoms with Crippen molar-refractivity contribution in [3.63, 3.8) is 0 Å². The molecule has 2 aromatic carbocycles. The Morgan fingerprint density at radius 1 is 1.19 bits per heavy atom. The van der Waals surface area contributed by atoms with Gasteiger partial charge in [-0.15, -0.1) is 0 Å². The lowest BCUT2D eigenvalue weighted by molar-refractivity contribution is 0.122. The van der Waals surface area contributed by atoms with E-state index in [1.54, 1.807) is 0 Å². The van der Waals surface area contributed by atoms with Gasteiger partial charge in [-0.2, -0.15) is 0 Å². The number of ether oxygens (including phenoxy) is 2. The molecule has 2 heterocycles. The first kappa shape index (κ1) is 21.5. The summed E-state index contributed by atoms with van der Waals surface area (Å²) in [4.78, 5) is 14.4. The van der Waals surface area contributed by atoms with Crippen LogP contribution in [-0.4, -0.2) is 38.4 Å². The van der Waals surface area contributed by atoms with E-state index in [9.17, 15) is 4.79 Å². The predicted molar refractivity (Wildman–Crippen MR) is 124 cm³/mol. The number of morpholine rings is 1. The van der Waals surface area contributed by atoms with Crippen molar-refractivity contribution in [1.29, 1.82) is 0 Å². The number of hydrogen-bond acceptors (Lipinski definition) is 5. The van der Waals surface area contributed by atoms with Crippen LogP contribution in [-0.2, 0) is 10.2 Å². The van der Waals surface area contributed by atoms with Crippen LogP contribution in [0, 0.1) is 0 Å². The van der Waals surface area contributed by atoms with Crippen molar-refractivity contribution in [3.8, 4) is 5.75 Å². The molecule has 0 aliphatic carbocycles.